The Bertz CT molecular complexity index is 879. The van der Waals surface area contributed by atoms with E-state index in [0.717, 1.165) is 64.3 Å². The number of hydrogen-bond donors (Lipinski definition) is 2. The molecule has 35 heavy (non-hydrogen) atoms. The number of rotatable bonds is 7. The second-order valence-corrected chi connectivity index (χ2v) is 11.9. The third-order valence-electron chi connectivity index (χ3n) is 9.65. The number of aliphatic hydroxyl groups is 2. The molecule has 1 aromatic rings. The van der Waals surface area contributed by atoms with Gasteiger partial charge in [-0.25, -0.2) is 4.79 Å². The van der Waals surface area contributed by atoms with Gasteiger partial charge in [0.15, 0.2) is 6.29 Å². The molecule has 2 aliphatic heterocycles. The van der Waals surface area contributed by atoms with Gasteiger partial charge in [-0.05, 0) is 83.4 Å². The smallest absolute Gasteiger partial charge is 0.320 e. The maximum Gasteiger partial charge on any atom is 0.320 e. The molecule has 0 aromatic heterocycles. The predicted molar refractivity (Wildman–Crippen MR) is 135 cm³/mol. The number of aliphatic hydroxyl groups excluding tert-OH is 1. The zero-order valence-electron chi connectivity index (χ0n) is 21.5. The molecule has 2 unspecified atom stereocenters. The minimum atomic E-state index is -0.723. The summed E-state index contributed by atoms with van der Waals surface area (Å²) in [5, 5.41) is 20.9. The van der Waals surface area contributed by atoms with E-state index in [2.05, 4.69) is 54.2 Å². The van der Waals surface area contributed by atoms with Crippen LogP contribution in [-0.2, 0) is 10.3 Å². The van der Waals surface area contributed by atoms with Gasteiger partial charge in [-0.3, -0.25) is 4.90 Å². The van der Waals surface area contributed by atoms with Crippen molar-refractivity contribution in [3.63, 3.8) is 0 Å². The van der Waals surface area contributed by atoms with Gasteiger partial charge in [0.2, 0.25) is 0 Å². The number of benzene rings is 1. The van der Waals surface area contributed by atoms with Crippen LogP contribution in [-0.4, -0.2) is 88.7 Å². The number of ether oxygens (including phenoxy) is 1. The summed E-state index contributed by atoms with van der Waals surface area (Å²) in [6.45, 7) is 2.50. The molecule has 0 bridgehead atoms. The van der Waals surface area contributed by atoms with Gasteiger partial charge in [0.05, 0.1) is 17.7 Å². The van der Waals surface area contributed by atoms with E-state index < -0.39 is 11.9 Å². The van der Waals surface area contributed by atoms with Gasteiger partial charge >= 0.3 is 6.03 Å². The first-order valence-corrected chi connectivity index (χ1v) is 13.6. The van der Waals surface area contributed by atoms with Gasteiger partial charge in [-0.15, -0.1) is 0 Å². The SMILES string of the molecule is CN(C)C1(c2ccccc2)CCC2(CC1)CN(CCC1CCOC(O)C1)C(=O)N2CC1(O)CCC1. The Morgan fingerprint density at radius 3 is 2.40 bits per heavy atom. The third kappa shape index (κ3) is 4.73. The van der Waals surface area contributed by atoms with Gasteiger partial charge in [-0.2, -0.15) is 0 Å². The van der Waals surface area contributed by atoms with Crippen LogP contribution in [0.1, 0.15) is 69.8 Å². The summed E-state index contributed by atoms with van der Waals surface area (Å²) >= 11 is 0. The molecule has 2 saturated carbocycles. The first-order valence-electron chi connectivity index (χ1n) is 13.6. The molecule has 5 rings (SSSR count). The molecule has 7 heteroatoms. The molecule has 2 aliphatic carbocycles. The largest absolute Gasteiger partial charge is 0.388 e. The number of carbonyl (C=O) groups is 1. The molecule has 4 aliphatic rings. The summed E-state index contributed by atoms with van der Waals surface area (Å²) in [4.78, 5) is 20.2. The van der Waals surface area contributed by atoms with Gasteiger partial charge in [0, 0.05) is 31.7 Å². The molecule has 2 N–H and O–H groups in total. The van der Waals surface area contributed by atoms with E-state index in [1.807, 2.05) is 4.90 Å². The number of amides is 2. The maximum atomic E-state index is 13.8. The molecular weight excluding hydrogens is 442 g/mol. The van der Waals surface area contributed by atoms with Crippen molar-refractivity contribution in [1.82, 2.24) is 14.7 Å². The fourth-order valence-corrected chi connectivity index (χ4v) is 7.07. The maximum absolute atomic E-state index is 13.8. The van der Waals surface area contributed by atoms with E-state index in [9.17, 15) is 15.0 Å². The van der Waals surface area contributed by atoms with Gasteiger partial charge in [-0.1, -0.05) is 30.3 Å². The minimum Gasteiger partial charge on any atom is -0.388 e. The van der Waals surface area contributed by atoms with Crippen molar-refractivity contribution < 1.29 is 19.7 Å². The lowest BCUT2D eigenvalue weighted by atomic mass is 9.67. The highest BCUT2D eigenvalue weighted by atomic mass is 16.6. The second kappa shape index (κ2) is 9.66. The van der Waals surface area contributed by atoms with Crippen molar-refractivity contribution in [2.75, 3.05) is 40.3 Å². The summed E-state index contributed by atoms with van der Waals surface area (Å²) in [6.07, 6.45) is 8.30. The van der Waals surface area contributed by atoms with Gasteiger partial charge in [0.25, 0.3) is 0 Å². The summed E-state index contributed by atoms with van der Waals surface area (Å²) in [7, 11) is 4.35. The summed E-state index contributed by atoms with van der Waals surface area (Å²) in [5.41, 5.74) is 0.383. The van der Waals surface area contributed by atoms with Crippen LogP contribution in [0.25, 0.3) is 0 Å². The van der Waals surface area contributed by atoms with Crippen molar-refractivity contribution in [1.29, 1.82) is 0 Å². The van der Waals surface area contributed by atoms with Crippen LogP contribution in [0.3, 0.4) is 0 Å². The fraction of sp³-hybridized carbons (Fsp3) is 0.750. The number of β-amino-alcohol motifs (C(OH)–C–C–N with tert-alkyl or cyclic N) is 1. The average molecular weight is 486 g/mol. The average Bonchev–Trinajstić information content (AvgIpc) is 3.08. The van der Waals surface area contributed by atoms with Gasteiger partial charge in [0.1, 0.15) is 0 Å². The lowest BCUT2D eigenvalue weighted by Crippen LogP contribution is -2.59. The Morgan fingerprint density at radius 2 is 1.80 bits per heavy atom. The predicted octanol–water partition coefficient (Wildman–Crippen LogP) is 3.54. The Morgan fingerprint density at radius 1 is 1.09 bits per heavy atom. The third-order valence-corrected chi connectivity index (χ3v) is 9.65. The Kier molecular flexibility index (Phi) is 6.90. The molecular formula is C28H43N3O4. The minimum absolute atomic E-state index is 0.0275. The quantitative estimate of drug-likeness (QED) is 0.618. The summed E-state index contributed by atoms with van der Waals surface area (Å²) < 4.78 is 5.29. The highest BCUT2D eigenvalue weighted by molar-refractivity contribution is 5.78. The van der Waals surface area contributed by atoms with Crippen LogP contribution in [0.15, 0.2) is 30.3 Å². The zero-order chi connectivity index (χ0) is 24.7. The van der Waals surface area contributed by atoms with Crippen molar-refractivity contribution in [3.05, 3.63) is 35.9 Å². The highest BCUT2D eigenvalue weighted by Crippen LogP contribution is 2.50. The fourth-order valence-electron chi connectivity index (χ4n) is 7.07. The van der Waals surface area contributed by atoms with E-state index >= 15 is 0 Å². The van der Waals surface area contributed by atoms with Crippen molar-refractivity contribution in [2.24, 2.45) is 5.92 Å². The molecule has 1 spiro atoms. The monoisotopic (exact) mass is 485 g/mol. The zero-order valence-corrected chi connectivity index (χ0v) is 21.5. The molecule has 2 atom stereocenters. The van der Waals surface area contributed by atoms with E-state index in [-0.39, 0.29) is 17.1 Å². The summed E-state index contributed by atoms with van der Waals surface area (Å²) in [6, 6.07) is 10.9. The standard InChI is InChI=1S/C28H43N3O4/c1-29(2)28(23-7-4-3-5-8-23)15-13-26(14-16-28)20-30(17-9-22-10-18-35-24(32)19-22)25(33)31(26)21-27(34)11-6-12-27/h3-5,7-8,22,24,32,34H,6,9-21H2,1-2H3. The first-order chi connectivity index (χ1) is 16.8. The van der Waals surface area contributed by atoms with Crippen molar-refractivity contribution >= 4 is 6.03 Å². The molecule has 1 aromatic carbocycles. The molecule has 4 fully saturated rings. The van der Waals surface area contributed by atoms with E-state index in [1.165, 1.54) is 5.56 Å². The highest BCUT2D eigenvalue weighted by Gasteiger charge is 2.56. The van der Waals surface area contributed by atoms with Crippen LogP contribution in [0, 0.1) is 5.92 Å². The molecule has 194 valence electrons. The second-order valence-electron chi connectivity index (χ2n) is 11.9. The van der Waals surface area contributed by atoms with Crippen LogP contribution >= 0.6 is 0 Å². The van der Waals surface area contributed by atoms with Crippen LogP contribution in [0.4, 0.5) is 4.79 Å². The molecule has 2 heterocycles. The Hall–Kier alpha value is -1.67. The number of hydrogen-bond acceptors (Lipinski definition) is 5. The molecule has 2 saturated heterocycles. The number of urea groups is 1. The molecule has 0 radical (unpaired) electrons. The number of nitrogens with zero attached hydrogens (tertiary/aromatic N) is 3. The lowest BCUT2D eigenvalue weighted by molar-refractivity contribution is -0.139. The van der Waals surface area contributed by atoms with Crippen LogP contribution in [0.2, 0.25) is 0 Å². The first kappa shape index (κ1) is 25.0. The Labute approximate surface area is 210 Å². The van der Waals surface area contributed by atoms with Gasteiger partial charge < -0.3 is 24.7 Å². The van der Waals surface area contributed by atoms with E-state index in [1.54, 1.807) is 0 Å². The number of carbonyl (C=O) groups excluding carboxylic acids is 1. The van der Waals surface area contributed by atoms with E-state index in [4.69, 9.17) is 4.74 Å². The van der Waals surface area contributed by atoms with Crippen molar-refractivity contribution in [2.45, 2.75) is 87.2 Å². The van der Waals surface area contributed by atoms with Crippen LogP contribution < -0.4 is 0 Å². The van der Waals surface area contributed by atoms with Crippen LogP contribution in [0.5, 0.6) is 0 Å². The topological polar surface area (TPSA) is 76.5 Å². The normalized spacial score (nSPS) is 35.1. The van der Waals surface area contributed by atoms with Crippen molar-refractivity contribution in [3.8, 4) is 0 Å². The summed E-state index contributed by atoms with van der Waals surface area (Å²) in [5.74, 6) is 0.387. The molecule has 7 nitrogen and oxygen atoms in total. The lowest BCUT2D eigenvalue weighted by Gasteiger charge is -2.52. The Balaban J connectivity index is 1.34. The molecule has 2 amide bonds. The van der Waals surface area contributed by atoms with E-state index in [0.29, 0.717) is 32.0 Å².